The Hall–Kier alpha value is -2.44. The quantitative estimate of drug-likeness (QED) is 0.496. The van der Waals surface area contributed by atoms with Crippen molar-refractivity contribution < 1.29 is 14.8 Å². The van der Waals surface area contributed by atoms with Gasteiger partial charge in [0.05, 0.1) is 0 Å². The van der Waals surface area contributed by atoms with Crippen molar-refractivity contribution in [3.05, 3.63) is 47.5 Å². The number of nitrogens with one attached hydrogen (secondary N) is 1. The average molecular weight is 343 g/mol. The third-order valence-electron chi connectivity index (χ3n) is 4.56. The van der Waals surface area contributed by atoms with E-state index >= 15 is 0 Å². The highest BCUT2D eigenvalue weighted by Gasteiger charge is 2.28. The normalized spacial score (nSPS) is 21.8. The molecule has 0 saturated carbocycles. The van der Waals surface area contributed by atoms with E-state index in [2.05, 4.69) is 25.8 Å². The predicted molar refractivity (Wildman–Crippen MR) is 97.7 cm³/mol. The number of carbonyl (C=O) groups excluding carboxylic acids is 2. The summed E-state index contributed by atoms with van der Waals surface area (Å²) in [5, 5.41) is 8.44. The largest absolute Gasteiger partial charge is 0.336 e. The van der Waals surface area contributed by atoms with Gasteiger partial charge in [0, 0.05) is 37.3 Å². The van der Waals surface area contributed by atoms with Gasteiger partial charge in [-0.25, -0.2) is 5.48 Å². The van der Waals surface area contributed by atoms with Crippen LogP contribution in [0.3, 0.4) is 0 Å². The molecule has 1 saturated heterocycles. The van der Waals surface area contributed by atoms with E-state index in [1.807, 2.05) is 29.2 Å². The topological polar surface area (TPSA) is 72.9 Å². The van der Waals surface area contributed by atoms with E-state index in [9.17, 15) is 9.59 Å². The molecular weight excluding hydrogens is 318 g/mol. The van der Waals surface area contributed by atoms with E-state index < -0.39 is 5.91 Å². The SMILES string of the molecule is C[C@@H]1CN(C(=O)/C=C/c2ccc(/C=C/C(=O)NO)cc2)C[C@H](C)N1C. The summed E-state index contributed by atoms with van der Waals surface area (Å²) in [6.07, 6.45) is 6.24. The second kappa shape index (κ2) is 8.60. The summed E-state index contributed by atoms with van der Waals surface area (Å²) >= 11 is 0. The number of hydrogen-bond donors (Lipinski definition) is 2. The molecule has 1 aliphatic rings. The maximum atomic E-state index is 12.4. The van der Waals surface area contributed by atoms with Gasteiger partial charge in [0.15, 0.2) is 0 Å². The molecule has 25 heavy (non-hydrogen) atoms. The van der Waals surface area contributed by atoms with Crippen LogP contribution in [0, 0.1) is 0 Å². The molecule has 2 rings (SSSR count). The van der Waals surface area contributed by atoms with Crippen molar-refractivity contribution in [2.45, 2.75) is 25.9 Å². The fraction of sp³-hybridized carbons (Fsp3) is 0.368. The summed E-state index contributed by atoms with van der Waals surface area (Å²) in [7, 11) is 2.09. The van der Waals surface area contributed by atoms with Crippen LogP contribution in [0.15, 0.2) is 36.4 Å². The zero-order chi connectivity index (χ0) is 18.4. The predicted octanol–water partition coefficient (Wildman–Crippen LogP) is 1.77. The Labute approximate surface area is 148 Å². The van der Waals surface area contributed by atoms with Crippen molar-refractivity contribution in [1.82, 2.24) is 15.3 Å². The van der Waals surface area contributed by atoms with E-state index in [1.54, 1.807) is 18.2 Å². The molecule has 2 amide bonds. The summed E-state index contributed by atoms with van der Waals surface area (Å²) in [6.45, 7) is 5.73. The summed E-state index contributed by atoms with van der Waals surface area (Å²) in [5.41, 5.74) is 3.27. The maximum absolute atomic E-state index is 12.4. The first kappa shape index (κ1) is 18.9. The summed E-state index contributed by atoms with van der Waals surface area (Å²) in [4.78, 5) is 27.5. The molecule has 2 atom stereocenters. The van der Waals surface area contributed by atoms with Gasteiger partial charge >= 0.3 is 0 Å². The van der Waals surface area contributed by atoms with Crippen LogP contribution in [-0.4, -0.2) is 59.0 Å². The highest BCUT2D eigenvalue weighted by molar-refractivity contribution is 5.92. The first-order valence-corrected chi connectivity index (χ1v) is 8.32. The third kappa shape index (κ3) is 5.27. The summed E-state index contributed by atoms with van der Waals surface area (Å²) in [6, 6.07) is 8.12. The van der Waals surface area contributed by atoms with Gasteiger partial charge in [-0.15, -0.1) is 0 Å². The van der Waals surface area contributed by atoms with E-state index in [-0.39, 0.29) is 5.91 Å². The number of hydrogen-bond acceptors (Lipinski definition) is 4. The molecule has 0 spiro atoms. The third-order valence-corrected chi connectivity index (χ3v) is 4.56. The smallest absolute Gasteiger partial charge is 0.267 e. The average Bonchev–Trinajstić information content (AvgIpc) is 2.62. The van der Waals surface area contributed by atoms with Crippen molar-refractivity contribution in [3.63, 3.8) is 0 Å². The summed E-state index contributed by atoms with van der Waals surface area (Å²) < 4.78 is 0. The minimum atomic E-state index is -0.579. The van der Waals surface area contributed by atoms with Gasteiger partial charge in [0.2, 0.25) is 5.91 Å². The molecule has 0 unspecified atom stereocenters. The zero-order valence-electron chi connectivity index (χ0n) is 14.8. The lowest BCUT2D eigenvalue weighted by Gasteiger charge is -2.42. The highest BCUT2D eigenvalue weighted by atomic mass is 16.5. The summed E-state index contributed by atoms with van der Waals surface area (Å²) in [5.74, 6) is -0.555. The van der Waals surface area contributed by atoms with E-state index in [4.69, 9.17) is 5.21 Å². The number of amides is 2. The van der Waals surface area contributed by atoms with Crippen molar-refractivity contribution in [1.29, 1.82) is 0 Å². The second-order valence-electron chi connectivity index (χ2n) is 6.42. The number of benzene rings is 1. The molecule has 6 heteroatoms. The number of rotatable bonds is 4. The van der Waals surface area contributed by atoms with Crippen LogP contribution in [0.25, 0.3) is 12.2 Å². The molecule has 0 aromatic heterocycles. The lowest BCUT2D eigenvalue weighted by atomic mass is 10.1. The minimum Gasteiger partial charge on any atom is -0.336 e. The standard InChI is InChI=1S/C19H25N3O3/c1-14-12-22(13-15(2)21(14)3)19(24)11-9-17-6-4-16(5-7-17)8-10-18(23)20-25/h4-11,14-15,25H,12-13H2,1-3H3,(H,20,23)/b10-8+,11-9+/t14-,15+. The van der Waals surface area contributed by atoms with Gasteiger partial charge in [-0.2, -0.15) is 0 Å². The molecule has 1 heterocycles. The Morgan fingerprint density at radius 1 is 1.04 bits per heavy atom. The van der Waals surface area contributed by atoms with Crippen LogP contribution in [0.2, 0.25) is 0 Å². The van der Waals surface area contributed by atoms with Crippen molar-refractivity contribution in [2.24, 2.45) is 0 Å². The first-order valence-electron chi connectivity index (χ1n) is 8.32. The molecule has 2 N–H and O–H groups in total. The van der Waals surface area contributed by atoms with Gasteiger partial charge in [0.25, 0.3) is 5.91 Å². The Bertz CT molecular complexity index is 655. The van der Waals surface area contributed by atoms with Crippen molar-refractivity contribution in [2.75, 3.05) is 20.1 Å². The molecule has 1 aromatic rings. The Kier molecular flexibility index (Phi) is 6.50. The number of hydroxylamine groups is 1. The number of nitrogens with zero attached hydrogens (tertiary/aromatic N) is 2. The molecule has 6 nitrogen and oxygen atoms in total. The van der Waals surface area contributed by atoms with Crippen LogP contribution in [-0.2, 0) is 9.59 Å². The highest BCUT2D eigenvalue weighted by Crippen LogP contribution is 2.14. The number of piperazine rings is 1. The van der Waals surface area contributed by atoms with Crippen LogP contribution >= 0.6 is 0 Å². The monoisotopic (exact) mass is 343 g/mol. The Balaban J connectivity index is 1.96. The molecule has 0 aliphatic carbocycles. The van der Waals surface area contributed by atoms with Gasteiger partial charge < -0.3 is 4.90 Å². The lowest BCUT2D eigenvalue weighted by molar-refractivity contribution is -0.129. The van der Waals surface area contributed by atoms with Crippen LogP contribution < -0.4 is 5.48 Å². The molecule has 0 radical (unpaired) electrons. The van der Waals surface area contributed by atoms with Gasteiger partial charge in [-0.05, 0) is 44.2 Å². The van der Waals surface area contributed by atoms with Crippen LogP contribution in [0.5, 0.6) is 0 Å². The van der Waals surface area contributed by atoms with E-state index in [1.165, 1.54) is 11.6 Å². The molecule has 134 valence electrons. The van der Waals surface area contributed by atoms with Gasteiger partial charge in [0.1, 0.15) is 0 Å². The fourth-order valence-corrected chi connectivity index (χ4v) is 2.78. The van der Waals surface area contributed by atoms with Crippen LogP contribution in [0.1, 0.15) is 25.0 Å². The molecule has 1 aliphatic heterocycles. The van der Waals surface area contributed by atoms with Gasteiger partial charge in [-0.3, -0.25) is 19.7 Å². The van der Waals surface area contributed by atoms with E-state index in [0.717, 1.165) is 24.2 Å². The lowest BCUT2D eigenvalue weighted by Crippen LogP contribution is -2.56. The van der Waals surface area contributed by atoms with E-state index in [0.29, 0.717) is 12.1 Å². The number of carbonyl (C=O) groups is 2. The van der Waals surface area contributed by atoms with Crippen molar-refractivity contribution >= 4 is 24.0 Å². The Morgan fingerprint density at radius 3 is 2.00 bits per heavy atom. The first-order chi connectivity index (χ1) is 11.9. The minimum absolute atomic E-state index is 0.0235. The fourth-order valence-electron chi connectivity index (χ4n) is 2.78. The molecule has 0 bridgehead atoms. The zero-order valence-corrected chi connectivity index (χ0v) is 14.8. The maximum Gasteiger partial charge on any atom is 0.267 e. The second-order valence-corrected chi connectivity index (χ2v) is 6.42. The Morgan fingerprint density at radius 2 is 1.52 bits per heavy atom. The molecule has 1 aromatic carbocycles. The number of likely N-dealkylation sites (N-methyl/N-ethyl adjacent to an activating group) is 1. The van der Waals surface area contributed by atoms with Crippen LogP contribution in [0.4, 0.5) is 0 Å². The van der Waals surface area contributed by atoms with Crippen molar-refractivity contribution in [3.8, 4) is 0 Å². The molecule has 1 fully saturated rings. The van der Waals surface area contributed by atoms with Gasteiger partial charge in [-0.1, -0.05) is 24.3 Å². The molecular formula is C19H25N3O3.